The highest BCUT2D eigenvalue weighted by Gasteiger charge is 2.21. The smallest absolute Gasteiger partial charge is 0.253 e. The predicted octanol–water partition coefficient (Wildman–Crippen LogP) is 5.24. The van der Waals surface area contributed by atoms with Crippen molar-refractivity contribution in [3.63, 3.8) is 0 Å². The van der Waals surface area contributed by atoms with E-state index in [2.05, 4.69) is 35.9 Å². The number of nitrogens with zero attached hydrogens (tertiary/aromatic N) is 1. The summed E-state index contributed by atoms with van der Waals surface area (Å²) in [6, 6.07) is 20.1. The van der Waals surface area contributed by atoms with Gasteiger partial charge in [-0.15, -0.1) is 0 Å². The van der Waals surface area contributed by atoms with E-state index >= 15 is 0 Å². The minimum absolute atomic E-state index is 0.0388. The number of ether oxygens (including phenoxy) is 1. The monoisotopic (exact) mass is 376 g/mol. The fraction of sp³-hybridized carbons (Fsp3) is 0.292. The number of aromatic nitrogens is 1. The molecule has 1 N–H and O–H groups in total. The Balaban J connectivity index is 2.10. The predicted molar refractivity (Wildman–Crippen MR) is 114 cm³/mol. The second-order valence-corrected chi connectivity index (χ2v) is 7.43. The quantitative estimate of drug-likeness (QED) is 0.640. The topological polar surface area (TPSA) is 43.3 Å². The van der Waals surface area contributed by atoms with Gasteiger partial charge < -0.3 is 14.6 Å². The molecule has 0 saturated carbocycles. The van der Waals surface area contributed by atoms with Gasteiger partial charge in [0.05, 0.1) is 18.4 Å². The summed E-state index contributed by atoms with van der Waals surface area (Å²) in [5.74, 6) is 1.15. The van der Waals surface area contributed by atoms with Gasteiger partial charge in [0.25, 0.3) is 5.91 Å². The number of carbonyl (C=O) groups is 1. The van der Waals surface area contributed by atoms with Gasteiger partial charge in [-0.25, -0.2) is 0 Å². The van der Waals surface area contributed by atoms with E-state index in [-0.39, 0.29) is 11.9 Å². The largest absolute Gasteiger partial charge is 0.497 e. The first-order chi connectivity index (χ1) is 13.4. The summed E-state index contributed by atoms with van der Waals surface area (Å²) < 4.78 is 7.42. The zero-order valence-corrected chi connectivity index (χ0v) is 17.2. The van der Waals surface area contributed by atoms with Crippen LogP contribution in [-0.2, 0) is 0 Å². The normalized spacial score (nSPS) is 12.1. The Morgan fingerprint density at radius 1 is 1.00 bits per heavy atom. The van der Waals surface area contributed by atoms with Crippen molar-refractivity contribution in [2.24, 2.45) is 5.92 Å². The zero-order valence-electron chi connectivity index (χ0n) is 17.2. The summed E-state index contributed by atoms with van der Waals surface area (Å²) in [5.41, 5.74) is 4.66. The van der Waals surface area contributed by atoms with Crippen LogP contribution in [0.5, 0.6) is 5.75 Å². The van der Waals surface area contributed by atoms with Crippen LogP contribution in [0.3, 0.4) is 0 Å². The number of hydrogen-bond acceptors (Lipinski definition) is 2. The molecule has 3 aromatic rings. The van der Waals surface area contributed by atoms with Crippen molar-refractivity contribution in [3.8, 4) is 22.7 Å². The van der Waals surface area contributed by atoms with Crippen LogP contribution in [0.25, 0.3) is 16.9 Å². The minimum atomic E-state index is -0.0388. The third-order valence-electron chi connectivity index (χ3n) is 5.25. The number of rotatable bonds is 6. The first-order valence-electron chi connectivity index (χ1n) is 9.65. The molecule has 2 aromatic carbocycles. The molecule has 0 bridgehead atoms. The lowest BCUT2D eigenvalue weighted by atomic mass is 10.1. The SMILES string of the molecule is COc1ccc(-c2cc(C(=O)NC(C)C(C)C)c(C)n2-c2ccccc2)cc1. The van der Waals surface area contributed by atoms with Crippen molar-refractivity contribution in [2.45, 2.75) is 33.7 Å². The Bertz CT molecular complexity index is 941. The zero-order chi connectivity index (χ0) is 20.3. The molecule has 4 heteroatoms. The third-order valence-corrected chi connectivity index (χ3v) is 5.25. The van der Waals surface area contributed by atoms with E-state index in [0.717, 1.165) is 28.4 Å². The molecule has 28 heavy (non-hydrogen) atoms. The van der Waals surface area contributed by atoms with E-state index in [4.69, 9.17) is 4.74 Å². The first-order valence-corrected chi connectivity index (χ1v) is 9.65. The van der Waals surface area contributed by atoms with Crippen LogP contribution < -0.4 is 10.1 Å². The van der Waals surface area contributed by atoms with Crippen LogP contribution in [0, 0.1) is 12.8 Å². The highest BCUT2D eigenvalue weighted by Crippen LogP contribution is 2.30. The first kappa shape index (κ1) is 19.7. The Labute approximate surface area is 167 Å². The van der Waals surface area contributed by atoms with Gasteiger partial charge in [-0.2, -0.15) is 0 Å². The lowest BCUT2D eigenvalue weighted by Gasteiger charge is -2.17. The van der Waals surface area contributed by atoms with Crippen LogP contribution in [0.4, 0.5) is 0 Å². The van der Waals surface area contributed by atoms with Crippen molar-refractivity contribution < 1.29 is 9.53 Å². The molecule has 3 rings (SSSR count). The van der Waals surface area contributed by atoms with Gasteiger partial charge in [-0.05, 0) is 67.8 Å². The molecule has 0 fully saturated rings. The molecule has 146 valence electrons. The van der Waals surface area contributed by atoms with E-state index in [1.807, 2.05) is 62.4 Å². The molecule has 0 radical (unpaired) electrons. The van der Waals surface area contributed by atoms with Gasteiger partial charge in [0.1, 0.15) is 5.75 Å². The second-order valence-electron chi connectivity index (χ2n) is 7.43. The van der Waals surface area contributed by atoms with Crippen LogP contribution >= 0.6 is 0 Å². The Morgan fingerprint density at radius 2 is 1.64 bits per heavy atom. The van der Waals surface area contributed by atoms with E-state index < -0.39 is 0 Å². The lowest BCUT2D eigenvalue weighted by Crippen LogP contribution is -2.36. The van der Waals surface area contributed by atoms with Crippen LogP contribution in [0.1, 0.15) is 36.8 Å². The highest BCUT2D eigenvalue weighted by atomic mass is 16.5. The molecule has 1 aromatic heterocycles. The Kier molecular flexibility index (Phi) is 5.88. The summed E-state index contributed by atoms with van der Waals surface area (Å²) in [7, 11) is 1.66. The number of para-hydroxylation sites is 1. The van der Waals surface area contributed by atoms with Gasteiger partial charge in [-0.3, -0.25) is 4.79 Å². The Morgan fingerprint density at radius 3 is 2.21 bits per heavy atom. The summed E-state index contributed by atoms with van der Waals surface area (Å²) >= 11 is 0. The molecular formula is C24H28N2O2. The number of methoxy groups -OCH3 is 1. The van der Waals surface area contributed by atoms with Gasteiger partial charge >= 0.3 is 0 Å². The molecule has 0 aliphatic carbocycles. The average molecular weight is 377 g/mol. The number of amides is 1. The molecule has 0 aliphatic rings. The van der Waals surface area contributed by atoms with Gasteiger partial charge in [0, 0.05) is 17.4 Å². The maximum atomic E-state index is 13.0. The van der Waals surface area contributed by atoms with Crippen LogP contribution in [-0.4, -0.2) is 23.6 Å². The van der Waals surface area contributed by atoms with Crippen molar-refractivity contribution in [1.82, 2.24) is 9.88 Å². The third kappa shape index (κ3) is 3.96. The Hall–Kier alpha value is -3.01. The molecule has 1 atom stereocenters. The van der Waals surface area contributed by atoms with E-state index in [0.29, 0.717) is 11.5 Å². The molecule has 1 heterocycles. The van der Waals surface area contributed by atoms with E-state index in [1.54, 1.807) is 7.11 Å². The molecule has 1 unspecified atom stereocenters. The maximum Gasteiger partial charge on any atom is 0.253 e. The lowest BCUT2D eigenvalue weighted by molar-refractivity contribution is 0.0930. The average Bonchev–Trinajstić information content (AvgIpc) is 3.05. The molecule has 0 aliphatic heterocycles. The summed E-state index contributed by atoms with van der Waals surface area (Å²) in [6.45, 7) is 8.25. The fourth-order valence-electron chi connectivity index (χ4n) is 3.17. The molecule has 1 amide bonds. The van der Waals surface area contributed by atoms with Gasteiger partial charge in [-0.1, -0.05) is 32.0 Å². The highest BCUT2D eigenvalue weighted by molar-refractivity contribution is 5.97. The number of benzene rings is 2. The number of nitrogens with one attached hydrogen (secondary N) is 1. The van der Waals surface area contributed by atoms with Crippen molar-refractivity contribution >= 4 is 5.91 Å². The maximum absolute atomic E-state index is 13.0. The summed E-state index contributed by atoms with van der Waals surface area (Å²) in [5, 5.41) is 3.13. The standard InChI is InChI=1S/C24H28N2O2/c1-16(2)17(3)25-24(27)22-15-23(19-11-13-21(28-5)14-12-19)26(18(22)4)20-9-7-6-8-10-20/h6-17H,1-5H3,(H,25,27). The number of carbonyl (C=O) groups excluding carboxylic acids is 1. The second kappa shape index (κ2) is 8.34. The molecule has 4 nitrogen and oxygen atoms in total. The van der Waals surface area contributed by atoms with Gasteiger partial charge in [0.2, 0.25) is 0 Å². The number of hydrogen-bond donors (Lipinski definition) is 1. The van der Waals surface area contributed by atoms with E-state index in [1.165, 1.54) is 0 Å². The fourth-order valence-corrected chi connectivity index (χ4v) is 3.17. The van der Waals surface area contributed by atoms with Gasteiger partial charge in [0.15, 0.2) is 0 Å². The van der Waals surface area contributed by atoms with Crippen molar-refractivity contribution in [2.75, 3.05) is 7.11 Å². The van der Waals surface area contributed by atoms with Crippen molar-refractivity contribution in [1.29, 1.82) is 0 Å². The minimum Gasteiger partial charge on any atom is -0.497 e. The van der Waals surface area contributed by atoms with Crippen LogP contribution in [0.15, 0.2) is 60.7 Å². The van der Waals surface area contributed by atoms with E-state index in [9.17, 15) is 4.79 Å². The molecular weight excluding hydrogens is 348 g/mol. The summed E-state index contributed by atoms with van der Waals surface area (Å²) in [4.78, 5) is 13.0. The van der Waals surface area contributed by atoms with Crippen molar-refractivity contribution in [3.05, 3.63) is 71.9 Å². The molecule has 0 spiro atoms. The molecule has 0 saturated heterocycles. The van der Waals surface area contributed by atoms with Crippen LogP contribution in [0.2, 0.25) is 0 Å². The summed E-state index contributed by atoms with van der Waals surface area (Å²) in [6.07, 6.45) is 0.